The number of esters is 1. The molecule has 1 heterocycles. The van der Waals surface area contributed by atoms with Crippen LogP contribution in [0.2, 0.25) is 0 Å². The predicted molar refractivity (Wildman–Crippen MR) is 228 cm³/mol. The maximum atomic E-state index is 13.5. The Hall–Kier alpha value is -5.38. The van der Waals surface area contributed by atoms with Crippen LogP contribution >= 0.6 is 0 Å². The van der Waals surface area contributed by atoms with Gasteiger partial charge in [0, 0.05) is 23.3 Å². The molecule has 3 aromatic carbocycles. The lowest BCUT2D eigenvalue weighted by Gasteiger charge is -2.22. The number of phenolic OH excluding ortho intramolecular Hbond substituents is 1. The van der Waals surface area contributed by atoms with Gasteiger partial charge in [-0.3, -0.25) is 28.5 Å². The fourth-order valence-corrected chi connectivity index (χ4v) is 8.28. The van der Waals surface area contributed by atoms with Crippen molar-refractivity contribution in [3.05, 3.63) is 117 Å². The summed E-state index contributed by atoms with van der Waals surface area (Å²) < 4.78 is 6.58. The number of aromatic hydroxyl groups is 1. The number of ether oxygens (including phenoxy) is 1. The summed E-state index contributed by atoms with van der Waals surface area (Å²) in [6.07, 6.45) is 3.34. The first-order valence-electron chi connectivity index (χ1n) is 20.5. The Morgan fingerprint density at radius 3 is 1.66 bits per heavy atom. The van der Waals surface area contributed by atoms with E-state index in [0.717, 1.165) is 36.9 Å². The van der Waals surface area contributed by atoms with Crippen LogP contribution in [-0.2, 0) is 49.6 Å². The lowest BCUT2D eigenvalue weighted by atomic mass is 9.91. The normalized spacial score (nSPS) is 14.4. The van der Waals surface area contributed by atoms with E-state index in [1.54, 1.807) is 19.1 Å². The van der Waals surface area contributed by atoms with E-state index in [1.165, 1.54) is 36.1 Å². The smallest absolute Gasteiger partial charge is 0.316 e. The molecule has 10 nitrogen and oxygen atoms in total. The van der Waals surface area contributed by atoms with Gasteiger partial charge in [0.05, 0.1) is 18.1 Å². The zero-order chi connectivity index (χ0) is 42.8. The van der Waals surface area contributed by atoms with Crippen molar-refractivity contribution >= 4 is 23.4 Å². The summed E-state index contributed by atoms with van der Waals surface area (Å²) in [4.78, 5) is 64.3. The van der Waals surface area contributed by atoms with E-state index in [4.69, 9.17) is 9.72 Å². The van der Waals surface area contributed by atoms with Crippen molar-refractivity contribution in [3.63, 3.8) is 0 Å². The van der Waals surface area contributed by atoms with E-state index in [9.17, 15) is 29.1 Å². The van der Waals surface area contributed by atoms with Gasteiger partial charge in [0.2, 0.25) is 5.91 Å². The van der Waals surface area contributed by atoms with E-state index in [-0.39, 0.29) is 58.6 Å². The van der Waals surface area contributed by atoms with Gasteiger partial charge in [-0.1, -0.05) is 102 Å². The molecule has 2 aliphatic carbocycles. The summed E-state index contributed by atoms with van der Waals surface area (Å²) in [7, 11) is 0. The number of carbonyl (C=O) groups is 4. The zero-order valence-electron chi connectivity index (χ0n) is 35.8. The summed E-state index contributed by atoms with van der Waals surface area (Å²) in [5.74, 6) is -0.968. The molecule has 4 aromatic rings. The number of nitrogens with zero attached hydrogens (tertiary/aromatic N) is 2. The molecular formula is C48H61N3O7. The number of amides is 1. The van der Waals surface area contributed by atoms with E-state index in [1.807, 2.05) is 89.4 Å². The van der Waals surface area contributed by atoms with Crippen LogP contribution in [0.15, 0.2) is 77.6 Å². The molecule has 1 amide bonds. The van der Waals surface area contributed by atoms with Crippen LogP contribution in [0.5, 0.6) is 5.75 Å². The Kier molecular flexibility index (Phi) is 15.9. The van der Waals surface area contributed by atoms with Crippen molar-refractivity contribution in [1.82, 2.24) is 14.9 Å². The highest BCUT2D eigenvalue weighted by Crippen LogP contribution is 2.35. The Balaban J connectivity index is 0.000000210. The third kappa shape index (κ3) is 11.0. The first-order valence-corrected chi connectivity index (χ1v) is 20.5. The number of hydrogen-bond donors (Lipinski definition) is 2. The fourth-order valence-electron chi connectivity index (χ4n) is 8.28. The number of aryl methyl sites for hydroxylation is 1. The Morgan fingerprint density at radius 2 is 1.22 bits per heavy atom. The summed E-state index contributed by atoms with van der Waals surface area (Å²) in [5.41, 5.74) is 7.27. The molecule has 0 fully saturated rings. The first kappa shape index (κ1) is 45.3. The summed E-state index contributed by atoms with van der Waals surface area (Å²) >= 11 is 0. The second-order valence-electron chi connectivity index (χ2n) is 16.4. The number of Topliss-reactive ketones (excluding diaryl/α,β-unsaturated/α-hetero) is 2. The van der Waals surface area contributed by atoms with Gasteiger partial charge in [0.25, 0.3) is 5.56 Å². The molecule has 0 aliphatic heterocycles. The van der Waals surface area contributed by atoms with Crippen LogP contribution in [0.25, 0.3) is 11.4 Å². The number of para-hydroxylation sites is 1. The van der Waals surface area contributed by atoms with E-state index in [0.29, 0.717) is 18.0 Å². The second kappa shape index (κ2) is 20.4. The Morgan fingerprint density at radius 1 is 0.759 bits per heavy atom. The van der Waals surface area contributed by atoms with Crippen LogP contribution < -0.4 is 10.9 Å². The molecule has 310 valence electrons. The number of phenols is 1. The minimum atomic E-state index is -0.593. The highest BCUT2D eigenvalue weighted by atomic mass is 16.5. The number of carbonyl (C=O) groups excluding carboxylic acids is 4. The summed E-state index contributed by atoms with van der Waals surface area (Å²) in [5, 5.41) is 13.4. The van der Waals surface area contributed by atoms with Crippen molar-refractivity contribution in [1.29, 1.82) is 0 Å². The van der Waals surface area contributed by atoms with Crippen molar-refractivity contribution < 1.29 is 29.0 Å². The van der Waals surface area contributed by atoms with Gasteiger partial charge in [0.1, 0.15) is 29.1 Å². The fraction of sp³-hybridized carbons (Fsp3) is 0.458. The van der Waals surface area contributed by atoms with Crippen molar-refractivity contribution in [2.24, 2.45) is 23.7 Å². The molecule has 2 aliphatic rings. The first-order chi connectivity index (χ1) is 27.5. The molecule has 0 radical (unpaired) electrons. The Bertz CT molecular complexity index is 2100. The number of benzene rings is 3. The maximum Gasteiger partial charge on any atom is 0.316 e. The molecule has 1 aromatic heterocycles. The van der Waals surface area contributed by atoms with E-state index >= 15 is 0 Å². The van der Waals surface area contributed by atoms with Gasteiger partial charge in [-0.2, -0.15) is 0 Å². The SMILES string of the molecule is CC(=O)C(C(=O)NC1Cc2ccccc2C1)C(C)C.CCOC(=O)C(C(C)=O)C(C)C.Cc1nc(-c2ccccc2O)n(C2Cc3ccccc3C2)c(=O)c1C(C)C. The number of rotatable bonds is 11. The third-order valence-corrected chi connectivity index (χ3v) is 10.9. The molecule has 2 N–H and O–H groups in total. The molecule has 0 bridgehead atoms. The summed E-state index contributed by atoms with van der Waals surface area (Å²) in [6, 6.07) is 23.8. The molecule has 0 saturated carbocycles. The lowest BCUT2D eigenvalue weighted by Crippen LogP contribution is -2.43. The number of nitrogens with one attached hydrogen (secondary N) is 1. The Labute approximate surface area is 343 Å². The minimum absolute atomic E-state index is 0.00793. The van der Waals surface area contributed by atoms with Crippen LogP contribution in [0.1, 0.15) is 108 Å². The average molecular weight is 792 g/mol. The van der Waals surface area contributed by atoms with Crippen molar-refractivity contribution in [3.8, 4) is 17.1 Å². The van der Waals surface area contributed by atoms with Crippen molar-refractivity contribution in [2.45, 2.75) is 113 Å². The standard InChI is InChI=1S/C23H24N2O2.C16H21NO2.C9H16O3/c1-14(2)21-15(3)24-22(19-10-6-7-11-20(19)26)25(23(21)27)18-12-16-8-4-5-9-17(16)13-18;1-10(2)15(11(3)18)16(19)17-14-8-12-6-4-5-7-13(12)9-14;1-5-12-9(11)8(6(2)3)7(4)10/h4-11,14,18,26H,12-13H2,1-3H3;4-7,10,14-15H,8-9H2,1-3H3,(H,17,19);6,8H,5H2,1-4H3. The quantitative estimate of drug-likeness (QED) is 0.115. The van der Waals surface area contributed by atoms with Crippen LogP contribution in [0.3, 0.4) is 0 Å². The lowest BCUT2D eigenvalue weighted by molar-refractivity contribution is -0.153. The number of hydrogen-bond acceptors (Lipinski definition) is 8. The molecular weight excluding hydrogens is 731 g/mol. The number of aromatic nitrogens is 2. The topological polar surface area (TPSA) is 145 Å². The molecule has 2 atom stereocenters. The van der Waals surface area contributed by atoms with E-state index < -0.39 is 17.8 Å². The average Bonchev–Trinajstić information content (AvgIpc) is 3.75. The number of fused-ring (bicyclic) bond motifs is 2. The second-order valence-corrected chi connectivity index (χ2v) is 16.4. The molecule has 58 heavy (non-hydrogen) atoms. The largest absolute Gasteiger partial charge is 0.507 e. The molecule has 6 rings (SSSR count). The van der Waals surface area contributed by atoms with Gasteiger partial charge >= 0.3 is 5.97 Å². The zero-order valence-corrected chi connectivity index (χ0v) is 35.8. The molecule has 10 heteroatoms. The van der Waals surface area contributed by atoms with Crippen LogP contribution in [0, 0.1) is 30.6 Å². The molecule has 2 unspecified atom stereocenters. The van der Waals surface area contributed by atoms with Gasteiger partial charge in [0.15, 0.2) is 0 Å². The van der Waals surface area contributed by atoms with Gasteiger partial charge < -0.3 is 15.2 Å². The molecule has 0 spiro atoms. The van der Waals surface area contributed by atoms with Gasteiger partial charge in [-0.15, -0.1) is 0 Å². The minimum Gasteiger partial charge on any atom is -0.507 e. The predicted octanol–water partition coefficient (Wildman–Crippen LogP) is 7.93. The molecule has 0 saturated heterocycles. The van der Waals surface area contributed by atoms with Gasteiger partial charge in [-0.25, -0.2) is 4.98 Å². The van der Waals surface area contributed by atoms with Crippen LogP contribution in [-0.4, -0.2) is 50.7 Å². The van der Waals surface area contributed by atoms with Gasteiger partial charge in [-0.05, 0) is 106 Å². The summed E-state index contributed by atoms with van der Waals surface area (Å²) in [6.45, 7) is 18.4. The monoisotopic (exact) mass is 791 g/mol. The highest BCUT2D eigenvalue weighted by Gasteiger charge is 2.32. The maximum absolute atomic E-state index is 13.5. The highest BCUT2D eigenvalue weighted by molar-refractivity contribution is 6.00. The van der Waals surface area contributed by atoms with Crippen LogP contribution in [0.4, 0.5) is 0 Å². The third-order valence-electron chi connectivity index (χ3n) is 10.9. The van der Waals surface area contributed by atoms with Crippen molar-refractivity contribution in [2.75, 3.05) is 6.61 Å². The van der Waals surface area contributed by atoms with E-state index in [2.05, 4.69) is 29.6 Å². The number of ketones is 2.